The summed E-state index contributed by atoms with van der Waals surface area (Å²) in [6.07, 6.45) is 2.76. The third-order valence-electron chi connectivity index (χ3n) is 4.07. The Bertz CT molecular complexity index is 749. The number of ether oxygens (including phenoxy) is 1. The number of rotatable bonds is 5. The number of esters is 1. The van der Waals surface area contributed by atoms with Gasteiger partial charge in [-0.25, -0.2) is 0 Å². The molecule has 8 heteroatoms. The standard InChI is InChI=1S/C18H21ClN4O3/c1-2-26-18(25)12-5-7-23(8-6-12)11-13(10-20)17(24)22-16-4-3-14(21)9-15(16)19/h3-4,9,11-12H,2,5-8,21H2,1H3,(H,22,24)/b13-11-. The SMILES string of the molecule is CCOC(=O)C1CCN(/C=C(/C#N)C(=O)Nc2ccc(N)cc2Cl)CC1. The van der Waals surface area contributed by atoms with E-state index in [9.17, 15) is 14.9 Å². The molecular weight excluding hydrogens is 356 g/mol. The monoisotopic (exact) mass is 376 g/mol. The lowest BCUT2D eigenvalue weighted by Gasteiger charge is -2.30. The van der Waals surface area contributed by atoms with E-state index in [-0.39, 0.29) is 17.5 Å². The molecule has 2 rings (SSSR count). The van der Waals surface area contributed by atoms with Gasteiger partial charge >= 0.3 is 5.97 Å². The summed E-state index contributed by atoms with van der Waals surface area (Å²) < 4.78 is 5.03. The fraction of sp³-hybridized carbons (Fsp3) is 0.389. The molecule has 7 nitrogen and oxygen atoms in total. The highest BCUT2D eigenvalue weighted by Gasteiger charge is 2.25. The first-order chi connectivity index (χ1) is 12.4. The molecule has 0 spiro atoms. The van der Waals surface area contributed by atoms with E-state index in [4.69, 9.17) is 22.1 Å². The summed E-state index contributed by atoms with van der Waals surface area (Å²) in [4.78, 5) is 25.9. The number of hydrogen-bond donors (Lipinski definition) is 2. The zero-order valence-electron chi connectivity index (χ0n) is 14.5. The van der Waals surface area contributed by atoms with Crippen LogP contribution in [0, 0.1) is 17.2 Å². The van der Waals surface area contributed by atoms with E-state index in [2.05, 4.69) is 5.32 Å². The number of anilines is 2. The molecule has 3 N–H and O–H groups in total. The van der Waals surface area contributed by atoms with Crippen LogP contribution in [0.25, 0.3) is 0 Å². The largest absolute Gasteiger partial charge is 0.466 e. The molecule has 26 heavy (non-hydrogen) atoms. The molecule has 0 aliphatic carbocycles. The highest BCUT2D eigenvalue weighted by molar-refractivity contribution is 6.34. The minimum Gasteiger partial charge on any atom is -0.466 e. The number of nitrogens with zero attached hydrogens (tertiary/aromatic N) is 2. The van der Waals surface area contributed by atoms with Gasteiger partial charge in [-0.05, 0) is 38.0 Å². The minimum atomic E-state index is -0.549. The predicted molar refractivity (Wildman–Crippen MR) is 99.1 cm³/mol. The number of hydrogen-bond acceptors (Lipinski definition) is 6. The van der Waals surface area contributed by atoms with Gasteiger partial charge in [0.15, 0.2) is 0 Å². The number of benzene rings is 1. The number of amides is 1. The van der Waals surface area contributed by atoms with Crippen LogP contribution in [-0.4, -0.2) is 36.5 Å². The number of nitrogen functional groups attached to an aromatic ring is 1. The Morgan fingerprint density at radius 1 is 1.46 bits per heavy atom. The molecule has 0 bridgehead atoms. The number of likely N-dealkylation sites (tertiary alicyclic amines) is 1. The van der Waals surface area contributed by atoms with Gasteiger partial charge in [-0.1, -0.05) is 11.6 Å². The Labute approximate surface area is 157 Å². The van der Waals surface area contributed by atoms with Crippen molar-refractivity contribution >= 4 is 34.9 Å². The van der Waals surface area contributed by atoms with Crippen molar-refractivity contribution in [2.45, 2.75) is 19.8 Å². The van der Waals surface area contributed by atoms with Crippen molar-refractivity contribution in [3.8, 4) is 6.07 Å². The Morgan fingerprint density at radius 3 is 2.73 bits per heavy atom. The molecule has 1 fully saturated rings. The molecule has 138 valence electrons. The van der Waals surface area contributed by atoms with E-state index in [0.29, 0.717) is 48.9 Å². The molecule has 0 aromatic heterocycles. The lowest BCUT2D eigenvalue weighted by molar-refractivity contribution is -0.149. The van der Waals surface area contributed by atoms with Gasteiger partial charge in [0.25, 0.3) is 5.91 Å². The van der Waals surface area contributed by atoms with Crippen LogP contribution in [0.4, 0.5) is 11.4 Å². The van der Waals surface area contributed by atoms with E-state index < -0.39 is 5.91 Å². The maximum atomic E-state index is 12.3. The van der Waals surface area contributed by atoms with Gasteiger partial charge in [-0.2, -0.15) is 5.26 Å². The summed E-state index contributed by atoms with van der Waals surface area (Å²) in [5.41, 5.74) is 6.45. The van der Waals surface area contributed by atoms with Crippen molar-refractivity contribution in [1.82, 2.24) is 4.90 Å². The van der Waals surface area contributed by atoms with Crippen LogP contribution in [-0.2, 0) is 14.3 Å². The number of nitrogens with one attached hydrogen (secondary N) is 1. The van der Waals surface area contributed by atoms with Crippen LogP contribution >= 0.6 is 11.6 Å². The number of nitriles is 1. The molecule has 1 amide bonds. The Balaban J connectivity index is 1.98. The minimum absolute atomic E-state index is 0.0347. The second-order valence-electron chi connectivity index (χ2n) is 5.91. The maximum absolute atomic E-state index is 12.3. The van der Waals surface area contributed by atoms with Gasteiger partial charge in [0.2, 0.25) is 0 Å². The number of halogens is 1. The van der Waals surface area contributed by atoms with Crippen LogP contribution in [0.3, 0.4) is 0 Å². The fourth-order valence-electron chi connectivity index (χ4n) is 2.67. The van der Waals surface area contributed by atoms with Gasteiger partial charge < -0.3 is 20.7 Å². The first kappa shape index (κ1) is 19.6. The van der Waals surface area contributed by atoms with Gasteiger partial charge in [0.05, 0.1) is 23.2 Å². The van der Waals surface area contributed by atoms with Gasteiger partial charge in [0, 0.05) is 25.0 Å². The van der Waals surface area contributed by atoms with Crippen molar-refractivity contribution in [2.24, 2.45) is 5.92 Å². The lowest BCUT2D eigenvalue weighted by atomic mass is 9.97. The molecule has 0 atom stereocenters. The summed E-state index contributed by atoms with van der Waals surface area (Å²) in [7, 11) is 0. The quantitative estimate of drug-likeness (QED) is 0.354. The van der Waals surface area contributed by atoms with E-state index in [1.165, 1.54) is 12.3 Å². The summed E-state index contributed by atoms with van der Waals surface area (Å²) in [5, 5.41) is 12.2. The Morgan fingerprint density at radius 2 is 2.15 bits per heavy atom. The number of piperidine rings is 1. The molecule has 0 radical (unpaired) electrons. The molecule has 1 saturated heterocycles. The smallest absolute Gasteiger partial charge is 0.309 e. The van der Waals surface area contributed by atoms with Crippen LogP contribution in [0.2, 0.25) is 5.02 Å². The molecule has 1 aliphatic rings. The van der Waals surface area contributed by atoms with Crippen molar-refractivity contribution in [3.63, 3.8) is 0 Å². The average Bonchev–Trinajstić information content (AvgIpc) is 2.62. The van der Waals surface area contributed by atoms with E-state index in [1.807, 2.05) is 11.0 Å². The second-order valence-corrected chi connectivity index (χ2v) is 6.32. The summed E-state index contributed by atoms with van der Waals surface area (Å²) in [6, 6.07) is 6.61. The van der Waals surface area contributed by atoms with Gasteiger partial charge in [-0.15, -0.1) is 0 Å². The van der Waals surface area contributed by atoms with E-state index in [1.54, 1.807) is 19.1 Å². The topological polar surface area (TPSA) is 108 Å². The third kappa shape index (κ3) is 5.14. The van der Waals surface area contributed by atoms with Crippen molar-refractivity contribution in [2.75, 3.05) is 30.7 Å². The zero-order chi connectivity index (χ0) is 19.1. The van der Waals surface area contributed by atoms with Crippen LogP contribution in [0.5, 0.6) is 0 Å². The third-order valence-corrected chi connectivity index (χ3v) is 4.38. The van der Waals surface area contributed by atoms with Crippen LogP contribution < -0.4 is 11.1 Å². The van der Waals surface area contributed by atoms with Crippen molar-refractivity contribution < 1.29 is 14.3 Å². The maximum Gasteiger partial charge on any atom is 0.309 e. The molecule has 0 saturated carbocycles. The molecule has 1 aromatic carbocycles. The lowest BCUT2D eigenvalue weighted by Crippen LogP contribution is -2.34. The Kier molecular flexibility index (Phi) is 6.87. The van der Waals surface area contributed by atoms with E-state index in [0.717, 1.165) is 0 Å². The summed E-state index contributed by atoms with van der Waals surface area (Å²) in [5.74, 6) is -0.869. The second kappa shape index (κ2) is 9.11. The number of carbonyl (C=O) groups is 2. The average molecular weight is 377 g/mol. The molecule has 0 unspecified atom stereocenters. The number of nitrogens with two attached hydrogens (primary N) is 1. The molecule has 1 aliphatic heterocycles. The summed E-state index contributed by atoms with van der Waals surface area (Å²) in [6.45, 7) is 3.29. The fourth-order valence-corrected chi connectivity index (χ4v) is 2.90. The highest BCUT2D eigenvalue weighted by Crippen LogP contribution is 2.25. The van der Waals surface area contributed by atoms with E-state index >= 15 is 0 Å². The Hall–Kier alpha value is -2.72. The molecule has 1 heterocycles. The van der Waals surface area contributed by atoms with Gasteiger partial charge in [0.1, 0.15) is 11.6 Å². The van der Waals surface area contributed by atoms with Crippen LogP contribution in [0.15, 0.2) is 30.0 Å². The molecule has 1 aromatic rings. The zero-order valence-corrected chi connectivity index (χ0v) is 15.3. The highest BCUT2D eigenvalue weighted by atomic mass is 35.5. The normalized spacial score (nSPS) is 15.3. The van der Waals surface area contributed by atoms with Crippen LogP contribution in [0.1, 0.15) is 19.8 Å². The van der Waals surface area contributed by atoms with Gasteiger partial charge in [-0.3, -0.25) is 9.59 Å². The van der Waals surface area contributed by atoms with Crippen molar-refractivity contribution in [3.05, 3.63) is 35.0 Å². The predicted octanol–water partition coefficient (Wildman–Crippen LogP) is 2.54. The van der Waals surface area contributed by atoms with Crippen molar-refractivity contribution in [1.29, 1.82) is 5.26 Å². The first-order valence-electron chi connectivity index (χ1n) is 8.33. The first-order valence-corrected chi connectivity index (χ1v) is 8.71. The number of carbonyl (C=O) groups excluding carboxylic acids is 2. The molecular formula is C18H21ClN4O3. The summed E-state index contributed by atoms with van der Waals surface area (Å²) >= 11 is 6.03.